The van der Waals surface area contributed by atoms with Crippen molar-refractivity contribution in [1.82, 2.24) is 8.61 Å². The molecule has 1 aliphatic carbocycles. The molecule has 3 fully saturated rings. The summed E-state index contributed by atoms with van der Waals surface area (Å²) in [5.41, 5.74) is 3.10. The van der Waals surface area contributed by atoms with Crippen LogP contribution in [0.5, 0.6) is 0 Å². The van der Waals surface area contributed by atoms with Crippen molar-refractivity contribution in [2.45, 2.75) is 52.4 Å². The van der Waals surface area contributed by atoms with Gasteiger partial charge in [-0.1, -0.05) is 5.92 Å². The van der Waals surface area contributed by atoms with E-state index in [2.05, 4.69) is 11.8 Å². The Kier molecular flexibility index (Phi) is 6.79. The second-order valence-corrected chi connectivity index (χ2v) is 11.5. The molecule has 7 nitrogen and oxygen atoms in total. The van der Waals surface area contributed by atoms with Crippen LogP contribution in [-0.4, -0.2) is 68.0 Å². The lowest BCUT2D eigenvalue weighted by Crippen LogP contribution is -2.53. The first kappa shape index (κ1) is 24.1. The number of aryl methyl sites for hydroxylation is 2. The Morgan fingerprint density at radius 1 is 0.939 bits per heavy atom. The minimum Gasteiger partial charge on any atom is -0.379 e. The van der Waals surface area contributed by atoms with Gasteiger partial charge in [0.25, 0.3) is 10.2 Å². The van der Waals surface area contributed by atoms with E-state index < -0.39 is 21.5 Å². The van der Waals surface area contributed by atoms with Crippen LogP contribution in [0, 0.1) is 31.1 Å². The Bertz CT molecular complexity index is 1070. The minimum atomic E-state index is -3.54. The summed E-state index contributed by atoms with van der Waals surface area (Å²) in [6.45, 7) is 7.88. The van der Waals surface area contributed by atoms with Gasteiger partial charge < -0.3 is 4.74 Å². The van der Waals surface area contributed by atoms with Gasteiger partial charge in [0.2, 0.25) is 0 Å². The summed E-state index contributed by atoms with van der Waals surface area (Å²) >= 11 is 0. The highest BCUT2D eigenvalue weighted by molar-refractivity contribution is 7.86. The van der Waals surface area contributed by atoms with E-state index >= 15 is 0 Å². The minimum absolute atomic E-state index is 0.0451. The predicted octanol–water partition coefficient (Wildman–Crippen LogP) is 2.35. The second-order valence-electron chi connectivity index (χ2n) is 9.54. The molecule has 8 heteroatoms. The molecule has 178 valence electrons. The van der Waals surface area contributed by atoms with Crippen LogP contribution in [-0.2, 0) is 24.5 Å². The average Bonchev–Trinajstić information content (AvgIpc) is 2.76. The van der Waals surface area contributed by atoms with Gasteiger partial charge in [0, 0.05) is 44.6 Å². The number of carbonyl (C=O) groups excluding carboxylic acids is 2. The van der Waals surface area contributed by atoms with Crippen molar-refractivity contribution in [3.63, 3.8) is 0 Å². The molecule has 1 spiro atoms. The molecule has 0 radical (unpaired) electrons. The molecule has 0 bridgehead atoms. The van der Waals surface area contributed by atoms with Gasteiger partial charge in [-0.25, -0.2) is 0 Å². The number of Topliss-reactive ketones (excluding diaryl/α,β-unsaturated/α-hetero) is 2. The number of hydrogen-bond acceptors (Lipinski definition) is 5. The average molecular weight is 473 g/mol. The number of ether oxygens (including phenoxy) is 1. The van der Waals surface area contributed by atoms with Crippen molar-refractivity contribution >= 4 is 21.8 Å². The van der Waals surface area contributed by atoms with E-state index in [1.165, 1.54) is 8.61 Å². The zero-order chi connectivity index (χ0) is 23.8. The maximum Gasteiger partial charge on any atom is 0.282 e. The summed E-state index contributed by atoms with van der Waals surface area (Å²) in [7, 11) is -3.54. The molecule has 33 heavy (non-hydrogen) atoms. The number of hydrogen-bond donors (Lipinski definition) is 0. The first-order valence-corrected chi connectivity index (χ1v) is 13.0. The highest BCUT2D eigenvalue weighted by atomic mass is 32.2. The van der Waals surface area contributed by atoms with Crippen molar-refractivity contribution in [1.29, 1.82) is 0 Å². The number of carbonyl (C=O) groups is 2. The van der Waals surface area contributed by atoms with Crippen molar-refractivity contribution in [2.75, 3.05) is 39.4 Å². The predicted molar refractivity (Wildman–Crippen MR) is 125 cm³/mol. The first-order valence-electron chi connectivity index (χ1n) is 11.6. The molecule has 2 saturated heterocycles. The lowest BCUT2D eigenvalue weighted by atomic mass is 9.63. The summed E-state index contributed by atoms with van der Waals surface area (Å²) < 4.78 is 34.2. The van der Waals surface area contributed by atoms with Gasteiger partial charge in [-0.3, -0.25) is 9.59 Å². The molecule has 2 aliphatic heterocycles. The fourth-order valence-corrected chi connectivity index (χ4v) is 7.22. The number of ketones is 2. The van der Waals surface area contributed by atoms with Crippen LogP contribution >= 0.6 is 0 Å². The van der Waals surface area contributed by atoms with Gasteiger partial charge in [-0.05, 0) is 67.9 Å². The van der Waals surface area contributed by atoms with Crippen molar-refractivity contribution in [3.8, 4) is 11.8 Å². The molecule has 2 heterocycles. The van der Waals surface area contributed by atoms with E-state index in [9.17, 15) is 18.0 Å². The third-order valence-corrected chi connectivity index (χ3v) is 9.34. The van der Waals surface area contributed by atoms with E-state index in [1.54, 1.807) is 6.92 Å². The number of benzene rings is 1. The van der Waals surface area contributed by atoms with E-state index in [0.717, 1.165) is 22.3 Å². The topological polar surface area (TPSA) is 84.0 Å². The SMILES string of the molecule is CC#Cc1cc(C)c(C2C(=O)CC3(CCN(S(=O)(=O)N4CCOCC4)CC3)CC2=O)c(C)c1. The first-order chi connectivity index (χ1) is 15.7. The lowest BCUT2D eigenvalue weighted by Gasteiger charge is -2.45. The standard InChI is InChI=1S/C25H32N2O5S/c1-4-5-20-14-18(2)23(19(3)15-20)24-21(28)16-25(17-22(24)29)6-8-26(9-7-25)33(30,31)27-10-12-32-13-11-27/h14-15,24H,6-13,16-17H2,1-3H3. The number of morpholine rings is 1. The van der Waals surface area contributed by atoms with Crippen LogP contribution in [0.1, 0.15) is 60.8 Å². The van der Waals surface area contributed by atoms with E-state index in [1.807, 2.05) is 26.0 Å². The smallest absolute Gasteiger partial charge is 0.282 e. The molecule has 0 aromatic heterocycles. The maximum absolute atomic E-state index is 13.3. The molecule has 0 atom stereocenters. The summed E-state index contributed by atoms with van der Waals surface area (Å²) in [5, 5.41) is 0. The maximum atomic E-state index is 13.3. The summed E-state index contributed by atoms with van der Waals surface area (Å²) in [6, 6.07) is 3.89. The van der Waals surface area contributed by atoms with Gasteiger partial charge in [0.05, 0.1) is 13.2 Å². The number of nitrogens with zero attached hydrogens (tertiary/aromatic N) is 2. The van der Waals surface area contributed by atoms with Crippen molar-refractivity contribution < 1.29 is 22.7 Å². The van der Waals surface area contributed by atoms with E-state index in [4.69, 9.17) is 4.74 Å². The van der Waals surface area contributed by atoms with Crippen molar-refractivity contribution in [2.24, 2.45) is 5.41 Å². The van der Waals surface area contributed by atoms with Gasteiger partial charge in [-0.15, -0.1) is 5.92 Å². The van der Waals surface area contributed by atoms with E-state index in [0.29, 0.717) is 65.1 Å². The van der Waals surface area contributed by atoms with Crippen LogP contribution in [0.2, 0.25) is 0 Å². The highest BCUT2D eigenvalue weighted by Crippen LogP contribution is 2.47. The van der Waals surface area contributed by atoms with Gasteiger partial charge in [0.1, 0.15) is 17.5 Å². The van der Waals surface area contributed by atoms with Crippen LogP contribution in [0.3, 0.4) is 0 Å². The third-order valence-electron chi connectivity index (χ3n) is 7.30. The monoisotopic (exact) mass is 472 g/mol. The molecular formula is C25H32N2O5S. The number of rotatable bonds is 3. The molecule has 4 rings (SSSR count). The molecular weight excluding hydrogens is 440 g/mol. The largest absolute Gasteiger partial charge is 0.379 e. The molecule has 0 amide bonds. The normalized spacial score (nSPS) is 22.9. The Morgan fingerprint density at radius 3 is 1.97 bits per heavy atom. The Hall–Kier alpha value is -2.05. The fourth-order valence-electron chi connectivity index (χ4n) is 5.64. The molecule has 1 saturated carbocycles. The zero-order valence-corrected chi connectivity index (χ0v) is 20.5. The number of piperidine rings is 1. The summed E-state index contributed by atoms with van der Waals surface area (Å²) in [4.78, 5) is 26.6. The van der Waals surface area contributed by atoms with Crippen LogP contribution < -0.4 is 0 Å². The Balaban J connectivity index is 1.48. The molecule has 3 aliphatic rings. The molecule has 0 unspecified atom stereocenters. The van der Waals surface area contributed by atoms with Crippen molar-refractivity contribution in [3.05, 3.63) is 34.4 Å². The van der Waals surface area contributed by atoms with Gasteiger partial charge in [0.15, 0.2) is 0 Å². The lowest BCUT2D eigenvalue weighted by molar-refractivity contribution is -0.138. The quantitative estimate of drug-likeness (QED) is 0.498. The van der Waals surface area contributed by atoms with Gasteiger partial charge >= 0.3 is 0 Å². The summed E-state index contributed by atoms with van der Waals surface area (Å²) in [5.74, 6) is 5.12. The molecule has 0 N–H and O–H groups in total. The molecule has 1 aromatic carbocycles. The van der Waals surface area contributed by atoms with Gasteiger partial charge in [-0.2, -0.15) is 17.0 Å². The summed E-state index contributed by atoms with van der Waals surface area (Å²) in [6.07, 6.45) is 1.71. The van der Waals surface area contributed by atoms with Crippen LogP contribution in [0.25, 0.3) is 0 Å². The third kappa shape index (κ3) is 4.65. The zero-order valence-electron chi connectivity index (χ0n) is 19.6. The fraction of sp³-hybridized carbons (Fsp3) is 0.600. The highest BCUT2D eigenvalue weighted by Gasteiger charge is 2.49. The van der Waals surface area contributed by atoms with E-state index in [-0.39, 0.29) is 11.6 Å². The van der Waals surface area contributed by atoms with Crippen LogP contribution in [0.4, 0.5) is 0 Å². The second kappa shape index (κ2) is 9.30. The Morgan fingerprint density at radius 2 is 1.45 bits per heavy atom. The molecule has 1 aromatic rings. The van der Waals surface area contributed by atoms with Crippen LogP contribution in [0.15, 0.2) is 12.1 Å². The Labute approximate surface area is 196 Å².